The summed E-state index contributed by atoms with van der Waals surface area (Å²) in [5.74, 6) is 0. The van der Waals surface area contributed by atoms with Gasteiger partial charge >= 0.3 is 0 Å². The molecule has 0 aliphatic rings. The maximum Gasteiger partial charge on any atom is 0.0189 e. The van der Waals surface area contributed by atoms with Gasteiger partial charge in [0.2, 0.25) is 0 Å². The van der Waals surface area contributed by atoms with E-state index in [0.29, 0.717) is 0 Å². The normalized spacial score (nSPS) is 13.3. The van der Waals surface area contributed by atoms with Crippen molar-refractivity contribution in [2.75, 3.05) is 0 Å². The van der Waals surface area contributed by atoms with Crippen LogP contribution in [0.15, 0.2) is 60.7 Å². The van der Waals surface area contributed by atoms with Gasteiger partial charge in [-0.1, -0.05) is 67.6 Å². The third kappa shape index (κ3) is 2.62. The average Bonchev–Trinajstić information content (AvgIpc) is 2.40. The molecular formula is C17H21N. The molecule has 1 nitrogen and oxygen atoms in total. The number of hydrogen-bond acceptors (Lipinski definition) is 1. The van der Waals surface area contributed by atoms with Gasteiger partial charge in [-0.25, -0.2) is 0 Å². The average molecular weight is 239 g/mol. The van der Waals surface area contributed by atoms with Gasteiger partial charge in [0.05, 0.1) is 0 Å². The molecule has 1 unspecified atom stereocenters. The maximum absolute atomic E-state index is 6.05. The molecule has 0 fully saturated rings. The lowest BCUT2D eigenvalue weighted by molar-refractivity contribution is 0.470. The fourth-order valence-electron chi connectivity index (χ4n) is 2.66. The zero-order valence-electron chi connectivity index (χ0n) is 11.1. The third-order valence-electron chi connectivity index (χ3n) is 3.55. The predicted molar refractivity (Wildman–Crippen MR) is 77.6 cm³/mol. The summed E-state index contributed by atoms with van der Waals surface area (Å²) in [6.07, 6.45) is 0.945. The molecule has 1 atom stereocenters. The van der Waals surface area contributed by atoms with Crippen LogP contribution in [0.1, 0.15) is 31.4 Å². The Bertz CT molecular complexity index is 434. The van der Waals surface area contributed by atoms with E-state index in [9.17, 15) is 0 Å². The van der Waals surface area contributed by atoms with E-state index in [-0.39, 0.29) is 11.5 Å². The lowest BCUT2D eigenvalue weighted by atomic mass is 9.72. The van der Waals surface area contributed by atoms with E-state index in [0.717, 1.165) is 6.42 Å². The highest BCUT2D eigenvalue weighted by Crippen LogP contribution is 2.35. The van der Waals surface area contributed by atoms with Crippen LogP contribution in [0.3, 0.4) is 0 Å². The molecule has 2 aromatic carbocycles. The van der Waals surface area contributed by atoms with Gasteiger partial charge in [-0.2, -0.15) is 0 Å². The van der Waals surface area contributed by atoms with Gasteiger partial charge in [-0.05, 0) is 24.5 Å². The van der Waals surface area contributed by atoms with E-state index >= 15 is 0 Å². The van der Waals surface area contributed by atoms with E-state index < -0.39 is 0 Å². The minimum absolute atomic E-state index is 0.0172. The zero-order chi connectivity index (χ0) is 13.0. The van der Waals surface area contributed by atoms with Gasteiger partial charge in [-0.3, -0.25) is 0 Å². The third-order valence-corrected chi connectivity index (χ3v) is 3.55. The molecule has 0 amide bonds. The van der Waals surface area contributed by atoms with Crippen LogP contribution in [-0.2, 0) is 5.41 Å². The Hall–Kier alpha value is -1.60. The summed E-state index contributed by atoms with van der Waals surface area (Å²) >= 11 is 0. The second-order valence-electron chi connectivity index (χ2n) is 5.25. The minimum atomic E-state index is -0.0172. The topological polar surface area (TPSA) is 26.0 Å². The Morgan fingerprint density at radius 1 is 0.889 bits per heavy atom. The van der Waals surface area contributed by atoms with E-state index in [4.69, 9.17) is 5.73 Å². The smallest absolute Gasteiger partial charge is 0.0189 e. The molecule has 94 valence electrons. The monoisotopic (exact) mass is 239 g/mol. The molecule has 2 rings (SSSR count). The largest absolute Gasteiger partial charge is 0.328 e. The number of rotatable bonds is 4. The van der Waals surface area contributed by atoms with E-state index in [1.54, 1.807) is 0 Å². The Labute approximate surface area is 110 Å². The molecule has 0 aliphatic heterocycles. The Kier molecular flexibility index (Phi) is 3.83. The molecule has 0 bridgehead atoms. The first-order valence-corrected chi connectivity index (χ1v) is 6.49. The molecule has 2 aromatic rings. The quantitative estimate of drug-likeness (QED) is 0.864. The fourth-order valence-corrected chi connectivity index (χ4v) is 2.66. The fraction of sp³-hybridized carbons (Fsp3) is 0.294. The van der Waals surface area contributed by atoms with Gasteiger partial charge in [0.1, 0.15) is 0 Å². The van der Waals surface area contributed by atoms with Crippen LogP contribution in [0.4, 0.5) is 0 Å². The summed E-state index contributed by atoms with van der Waals surface area (Å²) in [5, 5.41) is 0. The summed E-state index contributed by atoms with van der Waals surface area (Å²) < 4.78 is 0. The summed E-state index contributed by atoms with van der Waals surface area (Å²) in [7, 11) is 0. The molecule has 0 heterocycles. The number of benzene rings is 2. The van der Waals surface area contributed by atoms with E-state index in [1.807, 2.05) is 0 Å². The van der Waals surface area contributed by atoms with E-state index in [1.165, 1.54) is 11.1 Å². The Morgan fingerprint density at radius 2 is 1.28 bits per heavy atom. The van der Waals surface area contributed by atoms with Crippen molar-refractivity contribution in [2.45, 2.75) is 31.7 Å². The van der Waals surface area contributed by atoms with Crippen LogP contribution in [0, 0.1) is 0 Å². The van der Waals surface area contributed by atoms with Gasteiger partial charge in [0.25, 0.3) is 0 Å². The van der Waals surface area contributed by atoms with Crippen molar-refractivity contribution in [1.82, 2.24) is 0 Å². The Morgan fingerprint density at radius 3 is 1.61 bits per heavy atom. The summed E-state index contributed by atoms with van der Waals surface area (Å²) in [5.41, 5.74) is 8.69. The van der Waals surface area contributed by atoms with Crippen molar-refractivity contribution < 1.29 is 0 Å². The van der Waals surface area contributed by atoms with Crippen molar-refractivity contribution in [2.24, 2.45) is 5.73 Å². The number of hydrogen-bond donors (Lipinski definition) is 1. The molecule has 0 aliphatic carbocycles. The zero-order valence-corrected chi connectivity index (χ0v) is 11.1. The van der Waals surface area contributed by atoms with Gasteiger partial charge < -0.3 is 5.73 Å². The van der Waals surface area contributed by atoms with Crippen LogP contribution in [0.2, 0.25) is 0 Å². The van der Waals surface area contributed by atoms with Crippen LogP contribution in [-0.4, -0.2) is 6.04 Å². The highest BCUT2D eigenvalue weighted by molar-refractivity contribution is 5.38. The Balaban J connectivity index is 2.48. The lowest BCUT2D eigenvalue weighted by Gasteiger charge is -2.32. The molecular weight excluding hydrogens is 218 g/mol. The van der Waals surface area contributed by atoms with Crippen molar-refractivity contribution in [3.05, 3.63) is 71.8 Å². The molecule has 0 spiro atoms. The highest BCUT2D eigenvalue weighted by Gasteiger charge is 2.29. The van der Waals surface area contributed by atoms with Gasteiger partial charge in [0, 0.05) is 11.5 Å². The molecule has 0 saturated carbocycles. The minimum Gasteiger partial charge on any atom is -0.328 e. The summed E-state index contributed by atoms with van der Waals surface area (Å²) in [6, 6.07) is 21.4. The maximum atomic E-state index is 6.05. The van der Waals surface area contributed by atoms with Gasteiger partial charge in [-0.15, -0.1) is 0 Å². The first kappa shape index (κ1) is 12.8. The summed E-state index contributed by atoms with van der Waals surface area (Å²) in [6.45, 7) is 4.35. The lowest BCUT2D eigenvalue weighted by Crippen LogP contribution is -2.32. The highest BCUT2D eigenvalue weighted by atomic mass is 14.6. The molecule has 2 N–H and O–H groups in total. The molecule has 18 heavy (non-hydrogen) atoms. The molecule has 0 radical (unpaired) electrons. The second-order valence-corrected chi connectivity index (χ2v) is 5.25. The molecule has 0 saturated heterocycles. The number of nitrogens with two attached hydrogens (primary N) is 1. The molecule has 1 heteroatoms. The van der Waals surface area contributed by atoms with Crippen LogP contribution in [0.25, 0.3) is 0 Å². The first-order chi connectivity index (χ1) is 8.63. The van der Waals surface area contributed by atoms with Crippen LogP contribution >= 0.6 is 0 Å². The van der Waals surface area contributed by atoms with Crippen molar-refractivity contribution in [3.63, 3.8) is 0 Å². The SMILES string of the molecule is CC(N)CC(C)(c1ccccc1)c1ccccc1. The summed E-state index contributed by atoms with van der Waals surface area (Å²) in [4.78, 5) is 0. The van der Waals surface area contributed by atoms with Crippen LogP contribution in [0.5, 0.6) is 0 Å². The predicted octanol–water partition coefficient (Wildman–Crippen LogP) is 3.73. The first-order valence-electron chi connectivity index (χ1n) is 6.49. The molecule has 0 aromatic heterocycles. The standard InChI is InChI=1S/C17H21N/c1-14(18)13-17(2,15-9-5-3-6-10-15)16-11-7-4-8-12-16/h3-12,14H,13,18H2,1-2H3. The van der Waals surface area contributed by atoms with Gasteiger partial charge in [0.15, 0.2) is 0 Å². The van der Waals surface area contributed by atoms with Crippen molar-refractivity contribution in [1.29, 1.82) is 0 Å². The van der Waals surface area contributed by atoms with Crippen molar-refractivity contribution >= 4 is 0 Å². The second kappa shape index (κ2) is 5.36. The van der Waals surface area contributed by atoms with Crippen molar-refractivity contribution in [3.8, 4) is 0 Å². The van der Waals surface area contributed by atoms with E-state index in [2.05, 4.69) is 74.5 Å². The van der Waals surface area contributed by atoms with Crippen LogP contribution < -0.4 is 5.73 Å².